The molecule has 1 N–H and O–H groups in total. The molecule has 2 aromatic rings. The summed E-state index contributed by atoms with van der Waals surface area (Å²) in [6.45, 7) is 0. The van der Waals surface area contributed by atoms with Gasteiger partial charge in [0.25, 0.3) is 10.0 Å². The lowest BCUT2D eigenvalue weighted by Gasteiger charge is -2.09. The molecular weight excluding hydrogens is 284 g/mol. The maximum Gasteiger partial charge on any atom is 0.261 e. The number of nitriles is 1. The summed E-state index contributed by atoms with van der Waals surface area (Å²) in [7, 11) is -3.70. The van der Waals surface area contributed by atoms with Gasteiger partial charge in [0.2, 0.25) is 0 Å². The smallest absolute Gasteiger partial charge is 0.261 e. The minimum absolute atomic E-state index is 0.133. The van der Waals surface area contributed by atoms with Crippen LogP contribution in [0.4, 0.5) is 5.69 Å². The van der Waals surface area contributed by atoms with E-state index in [1.165, 1.54) is 30.3 Å². The van der Waals surface area contributed by atoms with Crippen LogP contribution >= 0.6 is 11.6 Å². The van der Waals surface area contributed by atoms with E-state index in [9.17, 15) is 8.42 Å². The average molecular weight is 293 g/mol. The van der Waals surface area contributed by atoms with Gasteiger partial charge in [0.15, 0.2) is 0 Å². The fraction of sp³-hybridized carbons (Fsp3) is 0. The summed E-state index contributed by atoms with van der Waals surface area (Å²) in [6.07, 6.45) is 0. The molecule has 0 aliphatic heterocycles. The van der Waals surface area contributed by atoms with Crippen molar-refractivity contribution in [3.05, 3.63) is 59.1 Å². The number of nitrogens with one attached hydrogen (secondary N) is 1. The van der Waals surface area contributed by atoms with E-state index in [1.807, 2.05) is 6.07 Å². The van der Waals surface area contributed by atoms with Crippen molar-refractivity contribution in [3.8, 4) is 6.07 Å². The fourth-order valence-electron chi connectivity index (χ4n) is 1.48. The van der Waals surface area contributed by atoms with Gasteiger partial charge in [-0.3, -0.25) is 4.72 Å². The van der Waals surface area contributed by atoms with Gasteiger partial charge in [-0.25, -0.2) is 8.42 Å². The molecule has 0 fully saturated rings. The quantitative estimate of drug-likeness (QED) is 0.945. The number of hydrogen-bond acceptors (Lipinski definition) is 3. The van der Waals surface area contributed by atoms with Crippen LogP contribution in [0.1, 0.15) is 5.56 Å². The van der Waals surface area contributed by atoms with E-state index in [-0.39, 0.29) is 15.6 Å². The van der Waals surface area contributed by atoms with Crippen molar-refractivity contribution >= 4 is 27.3 Å². The summed E-state index contributed by atoms with van der Waals surface area (Å²) in [4.78, 5) is 0.133. The summed E-state index contributed by atoms with van der Waals surface area (Å²) in [5.74, 6) is 0. The molecule has 96 valence electrons. The summed E-state index contributed by atoms with van der Waals surface area (Å²) in [5, 5.41) is 9.03. The fourth-order valence-corrected chi connectivity index (χ4v) is 2.79. The van der Waals surface area contributed by atoms with Crippen molar-refractivity contribution < 1.29 is 8.42 Å². The number of hydrogen-bond donors (Lipinski definition) is 1. The summed E-state index contributed by atoms with van der Waals surface area (Å²) in [6, 6.07) is 14.2. The van der Waals surface area contributed by atoms with Crippen LogP contribution in [0.2, 0.25) is 5.02 Å². The van der Waals surface area contributed by atoms with Gasteiger partial charge in [-0.2, -0.15) is 5.26 Å². The normalized spacial score (nSPS) is 10.7. The molecule has 0 bridgehead atoms. The van der Waals surface area contributed by atoms with Gasteiger partial charge in [-0.05, 0) is 30.3 Å². The van der Waals surface area contributed by atoms with Crippen LogP contribution in [0.3, 0.4) is 0 Å². The Labute approximate surface area is 116 Å². The van der Waals surface area contributed by atoms with Crippen LogP contribution in [-0.4, -0.2) is 8.42 Å². The van der Waals surface area contributed by atoms with Gasteiger partial charge in [0.1, 0.15) is 0 Å². The van der Waals surface area contributed by atoms with Crippen LogP contribution in [0.25, 0.3) is 0 Å². The molecule has 2 rings (SSSR count). The second-order valence-electron chi connectivity index (χ2n) is 3.72. The Balaban J connectivity index is 2.39. The zero-order valence-electron chi connectivity index (χ0n) is 9.67. The Morgan fingerprint density at radius 2 is 1.79 bits per heavy atom. The highest BCUT2D eigenvalue weighted by molar-refractivity contribution is 7.92. The Morgan fingerprint density at radius 3 is 2.42 bits per heavy atom. The van der Waals surface area contributed by atoms with E-state index in [1.54, 1.807) is 18.2 Å². The monoisotopic (exact) mass is 292 g/mol. The number of sulfonamides is 1. The molecule has 0 aromatic heterocycles. The van der Waals surface area contributed by atoms with E-state index in [0.717, 1.165) is 0 Å². The molecule has 0 aliphatic rings. The Morgan fingerprint density at radius 1 is 1.11 bits per heavy atom. The third kappa shape index (κ3) is 3.05. The van der Waals surface area contributed by atoms with E-state index in [0.29, 0.717) is 5.56 Å². The number of nitrogens with zero attached hydrogens (tertiary/aromatic N) is 1. The molecule has 4 nitrogen and oxygen atoms in total. The summed E-state index contributed by atoms with van der Waals surface area (Å²) < 4.78 is 26.6. The topological polar surface area (TPSA) is 70.0 Å². The molecule has 0 unspecified atom stereocenters. The number of halogens is 1. The summed E-state index contributed by atoms with van der Waals surface area (Å²) >= 11 is 5.91. The van der Waals surface area contributed by atoms with Gasteiger partial charge < -0.3 is 0 Å². The molecule has 0 amide bonds. The van der Waals surface area contributed by atoms with Gasteiger partial charge in [0, 0.05) is 0 Å². The van der Waals surface area contributed by atoms with Crippen LogP contribution in [0.15, 0.2) is 53.4 Å². The van der Waals surface area contributed by atoms with Gasteiger partial charge in [-0.15, -0.1) is 0 Å². The van der Waals surface area contributed by atoms with E-state index in [4.69, 9.17) is 16.9 Å². The lowest BCUT2D eigenvalue weighted by Crippen LogP contribution is -2.13. The molecule has 2 aromatic carbocycles. The molecule has 0 heterocycles. The lowest BCUT2D eigenvalue weighted by atomic mass is 10.2. The molecule has 0 radical (unpaired) electrons. The largest absolute Gasteiger partial charge is 0.278 e. The van der Waals surface area contributed by atoms with Crippen LogP contribution < -0.4 is 4.72 Å². The maximum absolute atomic E-state index is 12.1. The zero-order valence-corrected chi connectivity index (χ0v) is 11.2. The third-order valence-electron chi connectivity index (χ3n) is 2.39. The van der Waals surface area contributed by atoms with E-state index < -0.39 is 10.0 Å². The number of benzene rings is 2. The first-order valence-corrected chi connectivity index (χ1v) is 7.16. The van der Waals surface area contributed by atoms with E-state index in [2.05, 4.69) is 4.72 Å². The van der Waals surface area contributed by atoms with Crippen molar-refractivity contribution in [2.45, 2.75) is 4.90 Å². The second kappa shape index (κ2) is 5.31. The Hall–Kier alpha value is -2.03. The molecule has 0 aliphatic carbocycles. The third-order valence-corrected chi connectivity index (χ3v) is 4.10. The standard InChI is InChI=1S/C13H9ClN2O2S/c14-12-7-6-10(9-15)8-13(12)16-19(17,18)11-4-2-1-3-5-11/h1-8,16H. The highest BCUT2D eigenvalue weighted by atomic mass is 35.5. The average Bonchev–Trinajstić information content (AvgIpc) is 2.42. The minimum atomic E-state index is -3.70. The first kappa shape index (κ1) is 13.4. The summed E-state index contributed by atoms with van der Waals surface area (Å²) in [5.41, 5.74) is 0.514. The van der Waals surface area contributed by atoms with Gasteiger partial charge in [-0.1, -0.05) is 29.8 Å². The van der Waals surface area contributed by atoms with Gasteiger partial charge in [0.05, 0.1) is 27.2 Å². The van der Waals surface area contributed by atoms with Crippen molar-refractivity contribution in [3.63, 3.8) is 0 Å². The molecule has 19 heavy (non-hydrogen) atoms. The van der Waals surface area contributed by atoms with E-state index >= 15 is 0 Å². The molecule has 6 heteroatoms. The molecule has 0 spiro atoms. The maximum atomic E-state index is 12.1. The SMILES string of the molecule is N#Cc1ccc(Cl)c(NS(=O)(=O)c2ccccc2)c1. The van der Waals surface area contributed by atoms with Crippen LogP contribution in [-0.2, 0) is 10.0 Å². The number of rotatable bonds is 3. The predicted octanol–water partition coefficient (Wildman–Crippen LogP) is 3.01. The number of anilines is 1. The van der Waals surface area contributed by atoms with Crippen molar-refractivity contribution in [1.29, 1.82) is 5.26 Å². The van der Waals surface area contributed by atoms with Gasteiger partial charge >= 0.3 is 0 Å². The van der Waals surface area contributed by atoms with Crippen LogP contribution in [0, 0.1) is 11.3 Å². The Bertz CT molecular complexity index is 737. The van der Waals surface area contributed by atoms with Crippen molar-refractivity contribution in [2.24, 2.45) is 0 Å². The molecule has 0 saturated carbocycles. The highest BCUT2D eigenvalue weighted by Gasteiger charge is 2.15. The van der Waals surface area contributed by atoms with Crippen molar-refractivity contribution in [1.82, 2.24) is 0 Å². The van der Waals surface area contributed by atoms with Crippen LogP contribution in [0.5, 0.6) is 0 Å². The lowest BCUT2D eigenvalue weighted by molar-refractivity contribution is 0.601. The minimum Gasteiger partial charge on any atom is -0.278 e. The van der Waals surface area contributed by atoms with Crippen molar-refractivity contribution in [2.75, 3.05) is 4.72 Å². The Kier molecular flexibility index (Phi) is 3.74. The first-order chi connectivity index (χ1) is 9.03. The second-order valence-corrected chi connectivity index (χ2v) is 5.81. The zero-order chi connectivity index (χ0) is 13.9. The molecular formula is C13H9ClN2O2S. The molecule has 0 saturated heterocycles. The molecule has 0 atom stereocenters. The predicted molar refractivity (Wildman–Crippen MR) is 73.4 cm³/mol. The first-order valence-electron chi connectivity index (χ1n) is 5.30. The highest BCUT2D eigenvalue weighted by Crippen LogP contribution is 2.25.